The van der Waals surface area contributed by atoms with Gasteiger partial charge in [0, 0.05) is 10.9 Å². The van der Waals surface area contributed by atoms with Gasteiger partial charge in [0.25, 0.3) is 0 Å². The average Bonchev–Trinajstić information content (AvgIpc) is 2.62. The Bertz CT molecular complexity index is 596. The molecule has 4 heteroatoms. The molecule has 0 bridgehead atoms. The lowest BCUT2D eigenvalue weighted by atomic mass is 10.0. The van der Waals surface area contributed by atoms with Crippen LogP contribution in [0.3, 0.4) is 0 Å². The molecule has 2 rings (SSSR count). The van der Waals surface area contributed by atoms with Crippen molar-refractivity contribution in [1.29, 1.82) is 0 Å². The molecule has 0 radical (unpaired) electrons. The number of carboxylic acid groups (broad SMARTS) is 1. The fourth-order valence-electron chi connectivity index (χ4n) is 1.82. The molecular formula is C12H11NO3. The van der Waals surface area contributed by atoms with Crippen LogP contribution < -0.4 is 0 Å². The number of rotatable bonds is 2. The van der Waals surface area contributed by atoms with E-state index >= 15 is 0 Å². The molecule has 0 saturated heterocycles. The Balaban J connectivity index is 2.92. The molecule has 2 N–H and O–H groups in total. The van der Waals surface area contributed by atoms with E-state index in [0.717, 1.165) is 16.6 Å². The second-order valence-corrected chi connectivity index (χ2v) is 3.77. The number of aromatic nitrogens is 1. The minimum atomic E-state index is -1.12. The van der Waals surface area contributed by atoms with Crippen LogP contribution in [0.5, 0.6) is 0 Å². The first-order valence-corrected chi connectivity index (χ1v) is 4.86. The number of carboxylic acids is 1. The summed E-state index contributed by atoms with van der Waals surface area (Å²) < 4.78 is 0. The summed E-state index contributed by atoms with van der Waals surface area (Å²) in [5, 5.41) is 9.63. The van der Waals surface area contributed by atoms with Crippen molar-refractivity contribution >= 4 is 23.2 Å². The zero-order chi connectivity index (χ0) is 11.9. The molecule has 4 nitrogen and oxygen atoms in total. The summed E-state index contributed by atoms with van der Waals surface area (Å²) in [4.78, 5) is 24.7. The van der Waals surface area contributed by atoms with Crippen molar-refractivity contribution in [1.82, 2.24) is 4.98 Å². The van der Waals surface area contributed by atoms with Gasteiger partial charge in [-0.2, -0.15) is 0 Å². The Morgan fingerprint density at radius 1 is 1.38 bits per heavy atom. The van der Waals surface area contributed by atoms with Gasteiger partial charge in [0.15, 0.2) is 6.29 Å². The van der Waals surface area contributed by atoms with Gasteiger partial charge in [0.1, 0.15) is 5.69 Å². The molecule has 0 amide bonds. The van der Waals surface area contributed by atoms with Crippen molar-refractivity contribution in [2.75, 3.05) is 0 Å². The zero-order valence-electron chi connectivity index (χ0n) is 9.00. The Morgan fingerprint density at radius 2 is 2.06 bits per heavy atom. The quantitative estimate of drug-likeness (QED) is 0.758. The first-order valence-electron chi connectivity index (χ1n) is 4.86. The summed E-state index contributed by atoms with van der Waals surface area (Å²) in [5.41, 5.74) is 2.92. The fourth-order valence-corrected chi connectivity index (χ4v) is 1.82. The third-order valence-corrected chi connectivity index (χ3v) is 2.88. The number of aldehydes is 1. The predicted molar refractivity (Wildman–Crippen MR) is 60.1 cm³/mol. The van der Waals surface area contributed by atoms with Crippen molar-refractivity contribution < 1.29 is 14.7 Å². The Kier molecular flexibility index (Phi) is 2.27. The van der Waals surface area contributed by atoms with E-state index in [1.807, 2.05) is 19.9 Å². The van der Waals surface area contributed by atoms with Crippen molar-refractivity contribution in [3.63, 3.8) is 0 Å². The first-order chi connectivity index (χ1) is 7.56. The smallest absolute Gasteiger partial charge is 0.353 e. The lowest BCUT2D eigenvalue weighted by Gasteiger charge is -2.00. The molecule has 0 aliphatic heterocycles. The van der Waals surface area contributed by atoms with E-state index in [1.165, 1.54) is 0 Å². The van der Waals surface area contributed by atoms with Crippen LogP contribution in [0, 0.1) is 13.8 Å². The maximum Gasteiger partial charge on any atom is 0.353 e. The molecule has 1 heterocycles. The number of hydrogen-bond donors (Lipinski definition) is 2. The van der Waals surface area contributed by atoms with Crippen LogP contribution in [-0.4, -0.2) is 22.3 Å². The van der Waals surface area contributed by atoms with Crippen LogP contribution in [-0.2, 0) is 0 Å². The number of aromatic amines is 1. The van der Waals surface area contributed by atoms with Crippen LogP contribution in [0.1, 0.15) is 32.0 Å². The summed E-state index contributed by atoms with van der Waals surface area (Å²) in [6.45, 7) is 3.84. The third kappa shape index (κ3) is 1.31. The molecule has 0 atom stereocenters. The summed E-state index contributed by atoms with van der Waals surface area (Å²) in [7, 11) is 0. The molecule has 1 aromatic heterocycles. The number of aromatic carboxylic acids is 1. The highest BCUT2D eigenvalue weighted by Crippen LogP contribution is 2.25. The lowest BCUT2D eigenvalue weighted by Crippen LogP contribution is -2.00. The van der Waals surface area contributed by atoms with Crippen LogP contribution >= 0.6 is 0 Å². The Hall–Kier alpha value is -2.10. The van der Waals surface area contributed by atoms with Gasteiger partial charge in [-0.25, -0.2) is 4.79 Å². The molecule has 0 spiro atoms. The van der Waals surface area contributed by atoms with Gasteiger partial charge in [-0.05, 0) is 25.0 Å². The number of benzene rings is 1. The number of fused-ring (bicyclic) bond motifs is 1. The number of carbonyl (C=O) groups excluding carboxylic acids is 1. The second-order valence-electron chi connectivity index (χ2n) is 3.77. The SMILES string of the molecule is Cc1ccc2c(C=O)c(C(=O)O)[nH]c2c1C. The molecule has 2 aromatic rings. The van der Waals surface area contributed by atoms with Gasteiger partial charge in [-0.15, -0.1) is 0 Å². The number of nitrogens with one attached hydrogen (secondary N) is 1. The maximum absolute atomic E-state index is 11.0. The summed E-state index contributed by atoms with van der Waals surface area (Å²) in [6, 6.07) is 3.65. The lowest BCUT2D eigenvalue weighted by molar-refractivity contribution is 0.0688. The normalized spacial score (nSPS) is 10.6. The largest absolute Gasteiger partial charge is 0.477 e. The van der Waals surface area contributed by atoms with E-state index in [0.29, 0.717) is 11.7 Å². The molecule has 0 aliphatic rings. The van der Waals surface area contributed by atoms with Gasteiger partial charge in [-0.3, -0.25) is 4.79 Å². The van der Waals surface area contributed by atoms with Crippen LogP contribution in [0.25, 0.3) is 10.9 Å². The van der Waals surface area contributed by atoms with Crippen LogP contribution in [0.15, 0.2) is 12.1 Å². The monoisotopic (exact) mass is 217 g/mol. The number of carbonyl (C=O) groups is 2. The molecule has 0 aliphatic carbocycles. The molecule has 1 aromatic carbocycles. The minimum Gasteiger partial charge on any atom is -0.477 e. The van der Waals surface area contributed by atoms with Gasteiger partial charge in [0.2, 0.25) is 0 Å². The van der Waals surface area contributed by atoms with Crippen LogP contribution in [0.2, 0.25) is 0 Å². The highest BCUT2D eigenvalue weighted by atomic mass is 16.4. The van der Waals surface area contributed by atoms with E-state index in [-0.39, 0.29) is 11.3 Å². The van der Waals surface area contributed by atoms with E-state index < -0.39 is 5.97 Å². The van der Waals surface area contributed by atoms with Gasteiger partial charge < -0.3 is 10.1 Å². The molecule has 16 heavy (non-hydrogen) atoms. The third-order valence-electron chi connectivity index (χ3n) is 2.88. The van der Waals surface area contributed by atoms with Crippen molar-refractivity contribution in [3.8, 4) is 0 Å². The summed E-state index contributed by atoms with van der Waals surface area (Å²) in [5.74, 6) is -1.12. The molecule has 0 saturated carbocycles. The Labute approximate surface area is 91.9 Å². The predicted octanol–water partition coefficient (Wildman–Crippen LogP) is 2.30. The standard InChI is InChI=1S/C12H11NO3/c1-6-3-4-8-9(5-14)11(12(15)16)13-10(8)7(6)2/h3-5,13H,1-2H3,(H,15,16). The van der Waals surface area contributed by atoms with Gasteiger partial charge in [0.05, 0.1) is 5.56 Å². The van der Waals surface area contributed by atoms with Crippen molar-refractivity contribution in [2.45, 2.75) is 13.8 Å². The number of aryl methyl sites for hydroxylation is 2. The molecule has 0 fully saturated rings. The van der Waals surface area contributed by atoms with Crippen molar-refractivity contribution in [3.05, 3.63) is 34.5 Å². The topological polar surface area (TPSA) is 70.2 Å². The van der Waals surface area contributed by atoms with Gasteiger partial charge >= 0.3 is 5.97 Å². The van der Waals surface area contributed by atoms with E-state index in [1.54, 1.807) is 6.07 Å². The average molecular weight is 217 g/mol. The Morgan fingerprint density at radius 3 is 2.62 bits per heavy atom. The molecule has 0 unspecified atom stereocenters. The minimum absolute atomic E-state index is 0.0429. The van der Waals surface area contributed by atoms with Crippen molar-refractivity contribution in [2.24, 2.45) is 0 Å². The highest BCUT2D eigenvalue weighted by molar-refractivity contribution is 6.08. The summed E-state index contributed by atoms with van der Waals surface area (Å²) in [6.07, 6.45) is 0.580. The maximum atomic E-state index is 11.0. The van der Waals surface area contributed by atoms with Crippen LogP contribution in [0.4, 0.5) is 0 Å². The zero-order valence-corrected chi connectivity index (χ0v) is 9.00. The molecular weight excluding hydrogens is 206 g/mol. The van der Waals surface area contributed by atoms with E-state index in [4.69, 9.17) is 5.11 Å². The number of H-pyrrole nitrogens is 1. The van der Waals surface area contributed by atoms with E-state index in [2.05, 4.69) is 4.98 Å². The van der Waals surface area contributed by atoms with Gasteiger partial charge in [-0.1, -0.05) is 12.1 Å². The van der Waals surface area contributed by atoms with E-state index in [9.17, 15) is 9.59 Å². The number of hydrogen-bond acceptors (Lipinski definition) is 2. The fraction of sp³-hybridized carbons (Fsp3) is 0.167. The highest BCUT2D eigenvalue weighted by Gasteiger charge is 2.17. The second kappa shape index (κ2) is 3.48. The molecule has 82 valence electrons. The summed E-state index contributed by atoms with van der Waals surface area (Å²) >= 11 is 0. The first kappa shape index (κ1) is 10.4.